The third-order valence-electron chi connectivity index (χ3n) is 5.29. The number of anilines is 2. The summed E-state index contributed by atoms with van der Waals surface area (Å²) in [5.41, 5.74) is 5.39. The normalized spacial score (nSPS) is 13.3. The molecule has 0 spiro atoms. The number of aromatic amines is 1. The molecule has 32 heavy (non-hydrogen) atoms. The summed E-state index contributed by atoms with van der Waals surface area (Å²) in [5, 5.41) is 7.16. The Morgan fingerprint density at radius 3 is 2.84 bits per heavy atom. The predicted octanol–water partition coefficient (Wildman–Crippen LogP) is 5.21. The molecule has 0 saturated carbocycles. The smallest absolute Gasteiger partial charge is 0.354 e. The van der Waals surface area contributed by atoms with Gasteiger partial charge in [0.05, 0.1) is 19.0 Å². The molecular weight excluding hydrogens is 472 g/mol. The van der Waals surface area contributed by atoms with Crippen molar-refractivity contribution in [1.82, 2.24) is 9.97 Å². The molecule has 1 amide bonds. The SMILES string of the molecule is COC(=O)c1cc2cc(NCc3cc(NC(=O)C4=CCCC(Br)=C4)ccc3C)cnc2[nH]1. The molecule has 1 aliphatic carbocycles. The number of hydrogen-bond acceptors (Lipinski definition) is 5. The van der Waals surface area contributed by atoms with E-state index in [1.54, 1.807) is 12.3 Å². The van der Waals surface area contributed by atoms with Crippen LogP contribution >= 0.6 is 15.9 Å². The standard InChI is InChI=1S/C24H23BrN4O3/c1-14-6-7-19(28-23(30)15-4-3-5-18(25)8-15)10-17(14)12-26-20-9-16-11-21(24(31)32-2)29-22(16)27-13-20/h4,6-11,13,26H,3,5,12H2,1-2H3,(H,27,29)(H,28,30). The van der Waals surface area contributed by atoms with E-state index >= 15 is 0 Å². The maximum Gasteiger partial charge on any atom is 0.354 e. The van der Waals surface area contributed by atoms with Crippen LogP contribution < -0.4 is 10.6 Å². The number of carbonyl (C=O) groups is 2. The second-order valence-electron chi connectivity index (χ2n) is 7.57. The number of halogens is 1. The van der Waals surface area contributed by atoms with Gasteiger partial charge in [-0.05, 0) is 65.7 Å². The van der Waals surface area contributed by atoms with Gasteiger partial charge >= 0.3 is 5.97 Å². The quantitative estimate of drug-likeness (QED) is 0.408. The van der Waals surface area contributed by atoms with Crippen LogP contribution in [0.25, 0.3) is 11.0 Å². The largest absolute Gasteiger partial charge is 0.464 e. The van der Waals surface area contributed by atoms with Gasteiger partial charge in [-0.2, -0.15) is 0 Å². The van der Waals surface area contributed by atoms with Crippen LogP contribution in [0.1, 0.15) is 34.5 Å². The van der Waals surface area contributed by atoms with Crippen LogP contribution in [0.4, 0.5) is 11.4 Å². The van der Waals surface area contributed by atoms with Crippen LogP contribution in [0.15, 0.2) is 58.7 Å². The van der Waals surface area contributed by atoms with Crippen molar-refractivity contribution in [2.45, 2.75) is 26.3 Å². The monoisotopic (exact) mass is 494 g/mol. The Labute approximate surface area is 194 Å². The molecule has 8 heteroatoms. The number of nitrogens with one attached hydrogen (secondary N) is 3. The highest BCUT2D eigenvalue weighted by atomic mass is 79.9. The van der Waals surface area contributed by atoms with Crippen LogP contribution in [-0.4, -0.2) is 29.0 Å². The van der Waals surface area contributed by atoms with E-state index in [9.17, 15) is 9.59 Å². The first-order chi connectivity index (χ1) is 15.4. The third kappa shape index (κ3) is 4.91. The average Bonchev–Trinajstić information content (AvgIpc) is 3.22. The summed E-state index contributed by atoms with van der Waals surface area (Å²) in [4.78, 5) is 31.6. The molecule has 0 atom stereocenters. The number of H-pyrrole nitrogens is 1. The van der Waals surface area contributed by atoms with Gasteiger partial charge in [-0.15, -0.1) is 0 Å². The van der Waals surface area contributed by atoms with Gasteiger partial charge in [0.15, 0.2) is 0 Å². The van der Waals surface area contributed by atoms with Gasteiger partial charge in [0.1, 0.15) is 11.3 Å². The van der Waals surface area contributed by atoms with Crippen molar-refractivity contribution in [3.63, 3.8) is 0 Å². The van der Waals surface area contributed by atoms with Gasteiger partial charge in [0.25, 0.3) is 5.91 Å². The van der Waals surface area contributed by atoms with Crippen molar-refractivity contribution in [3.8, 4) is 0 Å². The molecule has 1 aromatic carbocycles. The molecular formula is C24H23BrN4O3. The van der Waals surface area contributed by atoms with E-state index in [-0.39, 0.29) is 5.91 Å². The zero-order valence-electron chi connectivity index (χ0n) is 17.8. The van der Waals surface area contributed by atoms with Gasteiger partial charge in [0, 0.05) is 23.2 Å². The number of aromatic nitrogens is 2. The molecule has 3 aromatic rings. The third-order valence-corrected chi connectivity index (χ3v) is 5.91. The Balaban J connectivity index is 1.46. The zero-order chi connectivity index (χ0) is 22.7. The minimum atomic E-state index is -0.432. The number of ether oxygens (including phenoxy) is 1. The maximum atomic E-state index is 12.6. The molecule has 0 saturated heterocycles. The number of allylic oxidation sites excluding steroid dienone is 2. The molecule has 0 fully saturated rings. The van der Waals surface area contributed by atoms with Crippen LogP contribution in [-0.2, 0) is 16.1 Å². The van der Waals surface area contributed by atoms with E-state index in [1.165, 1.54) is 7.11 Å². The van der Waals surface area contributed by atoms with Crippen LogP contribution in [0.3, 0.4) is 0 Å². The number of pyridine rings is 1. The molecule has 0 aliphatic heterocycles. The number of nitrogens with zero attached hydrogens (tertiary/aromatic N) is 1. The molecule has 0 radical (unpaired) electrons. The molecule has 164 valence electrons. The summed E-state index contributed by atoms with van der Waals surface area (Å²) >= 11 is 3.48. The zero-order valence-corrected chi connectivity index (χ0v) is 19.4. The fourth-order valence-corrected chi connectivity index (χ4v) is 3.97. The second kappa shape index (κ2) is 9.40. The highest BCUT2D eigenvalue weighted by molar-refractivity contribution is 9.11. The van der Waals surface area contributed by atoms with Gasteiger partial charge in [-0.3, -0.25) is 4.79 Å². The summed E-state index contributed by atoms with van der Waals surface area (Å²) in [5.74, 6) is -0.549. The highest BCUT2D eigenvalue weighted by Gasteiger charge is 2.13. The van der Waals surface area contributed by atoms with Crippen LogP contribution in [0.5, 0.6) is 0 Å². The van der Waals surface area contributed by atoms with Crippen LogP contribution in [0, 0.1) is 6.92 Å². The number of aryl methyl sites for hydroxylation is 1. The van der Waals surface area contributed by atoms with Crippen molar-refractivity contribution in [2.24, 2.45) is 0 Å². The molecule has 3 N–H and O–H groups in total. The van der Waals surface area contributed by atoms with E-state index in [1.807, 2.05) is 43.3 Å². The van der Waals surface area contributed by atoms with Gasteiger partial charge < -0.3 is 20.4 Å². The summed E-state index contributed by atoms with van der Waals surface area (Å²) in [6, 6.07) is 9.50. The predicted molar refractivity (Wildman–Crippen MR) is 129 cm³/mol. The lowest BCUT2D eigenvalue weighted by Crippen LogP contribution is -2.15. The molecule has 1 aliphatic rings. The van der Waals surface area contributed by atoms with Gasteiger partial charge in [-0.1, -0.05) is 28.1 Å². The van der Waals surface area contributed by atoms with Crippen molar-refractivity contribution in [3.05, 3.63) is 75.6 Å². The molecule has 2 aromatic heterocycles. The van der Waals surface area contributed by atoms with E-state index in [2.05, 4.69) is 36.5 Å². The summed E-state index contributed by atoms with van der Waals surface area (Å²) < 4.78 is 5.78. The minimum absolute atomic E-state index is 0.118. The van der Waals surface area contributed by atoms with Gasteiger partial charge in [0.2, 0.25) is 0 Å². The lowest BCUT2D eigenvalue weighted by atomic mass is 10.1. The first-order valence-corrected chi connectivity index (χ1v) is 11.0. The summed E-state index contributed by atoms with van der Waals surface area (Å²) in [6.45, 7) is 2.59. The topological polar surface area (TPSA) is 96.1 Å². The number of fused-ring (bicyclic) bond motifs is 1. The Kier molecular flexibility index (Phi) is 6.41. The van der Waals surface area contributed by atoms with Crippen LogP contribution in [0.2, 0.25) is 0 Å². The van der Waals surface area contributed by atoms with Crippen molar-refractivity contribution >= 4 is 50.2 Å². The lowest BCUT2D eigenvalue weighted by Gasteiger charge is -2.13. The van der Waals surface area contributed by atoms with E-state index in [0.29, 0.717) is 23.5 Å². The first kappa shape index (κ1) is 21.8. The van der Waals surface area contributed by atoms with E-state index < -0.39 is 5.97 Å². The average molecular weight is 495 g/mol. The molecule has 0 unspecified atom stereocenters. The first-order valence-electron chi connectivity index (χ1n) is 10.2. The number of methoxy groups -OCH3 is 1. The fraction of sp³-hybridized carbons (Fsp3) is 0.208. The fourth-order valence-electron chi connectivity index (χ4n) is 3.50. The van der Waals surface area contributed by atoms with Crippen molar-refractivity contribution < 1.29 is 14.3 Å². The Hall–Kier alpha value is -3.39. The van der Waals surface area contributed by atoms with Crippen molar-refractivity contribution in [1.29, 1.82) is 0 Å². The number of carbonyl (C=O) groups excluding carboxylic acids is 2. The van der Waals surface area contributed by atoms with Crippen molar-refractivity contribution in [2.75, 3.05) is 17.7 Å². The Bertz CT molecular complexity index is 1260. The Morgan fingerprint density at radius 1 is 1.22 bits per heavy atom. The molecule has 0 bridgehead atoms. The highest BCUT2D eigenvalue weighted by Crippen LogP contribution is 2.24. The Morgan fingerprint density at radius 2 is 2.06 bits per heavy atom. The molecule has 4 rings (SSSR count). The van der Waals surface area contributed by atoms with E-state index in [4.69, 9.17) is 4.74 Å². The van der Waals surface area contributed by atoms with Gasteiger partial charge in [-0.25, -0.2) is 9.78 Å². The number of rotatable bonds is 6. The maximum absolute atomic E-state index is 12.6. The number of benzene rings is 1. The van der Waals surface area contributed by atoms with E-state index in [0.717, 1.165) is 45.2 Å². The number of hydrogen-bond donors (Lipinski definition) is 3. The minimum Gasteiger partial charge on any atom is -0.464 e. The summed E-state index contributed by atoms with van der Waals surface area (Å²) in [6.07, 6.45) is 7.30. The molecule has 7 nitrogen and oxygen atoms in total. The molecule has 2 heterocycles. The number of amides is 1. The lowest BCUT2D eigenvalue weighted by molar-refractivity contribution is -0.112. The second-order valence-corrected chi connectivity index (χ2v) is 8.59. The number of esters is 1. The summed E-state index contributed by atoms with van der Waals surface area (Å²) in [7, 11) is 1.34.